The molecule has 0 aromatic carbocycles. The average molecular weight is 378 g/mol. The Morgan fingerprint density at radius 1 is 1.25 bits per heavy atom. The Kier molecular flexibility index (Phi) is 4.92. The predicted octanol–water partition coefficient (Wildman–Crippen LogP) is 1.55. The molecule has 0 spiro atoms. The van der Waals surface area contributed by atoms with Crippen molar-refractivity contribution in [2.24, 2.45) is 0 Å². The van der Waals surface area contributed by atoms with Crippen LogP contribution in [-0.4, -0.2) is 48.6 Å². The van der Waals surface area contributed by atoms with Gasteiger partial charge < -0.3 is 14.8 Å². The zero-order chi connectivity index (χ0) is 19.5. The van der Waals surface area contributed by atoms with Crippen LogP contribution < -0.4 is 5.32 Å². The second-order valence-electron chi connectivity index (χ2n) is 6.76. The monoisotopic (exact) mass is 378 g/mol. The SMILES string of the molecule is CCn1ccc(C(=O)NCC2Cn3cccc3C(=O)N2Cc2cccnc2)n1. The summed E-state index contributed by atoms with van der Waals surface area (Å²) in [7, 11) is 0. The molecule has 8 heteroatoms. The van der Waals surface area contributed by atoms with Gasteiger partial charge in [0.25, 0.3) is 11.8 Å². The van der Waals surface area contributed by atoms with Crippen LogP contribution in [0.15, 0.2) is 55.1 Å². The van der Waals surface area contributed by atoms with Crippen molar-refractivity contribution >= 4 is 11.8 Å². The number of fused-ring (bicyclic) bond motifs is 1. The molecule has 0 saturated carbocycles. The lowest BCUT2D eigenvalue weighted by molar-refractivity contribution is 0.0562. The topological polar surface area (TPSA) is 85.0 Å². The fourth-order valence-corrected chi connectivity index (χ4v) is 3.43. The molecule has 8 nitrogen and oxygen atoms in total. The molecule has 0 aliphatic carbocycles. The standard InChI is InChI=1S/C20H22N6O2/c1-2-25-10-7-17(23-25)19(27)22-12-16-14-24-9-4-6-18(24)20(28)26(16)13-15-5-3-8-21-11-15/h3-11,16H,2,12-14H2,1H3,(H,22,27). The largest absolute Gasteiger partial charge is 0.349 e. The lowest BCUT2D eigenvalue weighted by Gasteiger charge is -2.36. The maximum atomic E-state index is 13.0. The molecule has 0 radical (unpaired) electrons. The summed E-state index contributed by atoms with van der Waals surface area (Å²) in [5.41, 5.74) is 1.99. The average Bonchev–Trinajstić information content (AvgIpc) is 3.38. The summed E-state index contributed by atoms with van der Waals surface area (Å²) >= 11 is 0. The van der Waals surface area contributed by atoms with Crippen molar-refractivity contribution in [3.63, 3.8) is 0 Å². The van der Waals surface area contributed by atoms with Crippen LogP contribution in [0.1, 0.15) is 33.5 Å². The quantitative estimate of drug-likeness (QED) is 0.705. The lowest BCUT2D eigenvalue weighted by atomic mass is 10.1. The van der Waals surface area contributed by atoms with E-state index in [1.165, 1.54) is 0 Å². The smallest absolute Gasteiger partial charge is 0.271 e. The Hall–Kier alpha value is -3.42. The van der Waals surface area contributed by atoms with Crippen LogP contribution >= 0.6 is 0 Å². The number of carbonyl (C=O) groups excluding carboxylic acids is 2. The highest BCUT2D eigenvalue weighted by Gasteiger charge is 2.32. The normalized spacial score (nSPS) is 16.1. The molecule has 1 N–H and O–H groups in total. The van der Waals surface area contributed by atoms with E-state index >= 15 is 0 Å². The summed E-state index contributed by atoms with van der Waals surface area (Å²) in [6.07, 6.45) is 7.14. The zero-order valence-electron chi connectivity index (χ0n) is 15.7. The summed E-state index contributed by atoms with van der Waals surface area (Å²) in [5, 5.41) is 7.16. The summed E-state index contributed by atoms with van der Waals surface area (Å²) < 4.78 is 3.64. The molecule has 0 bridgehead atoms. The van der Waals surface area contributed by atoms with E-state index in [0.717, 1.165) is 5.56 Å². The maximum absolute atomic E-state index is 13.0. The Morgan fingerprint density at radius 3 is 2.89 bits per heavy atom. The number of carbonyl (C=O) groups is 2. The van der Waals surface area contributed by atoms with Gasteiger partial charge in [0, 0.05) is 51.0 Å². The molecular weight excluding hydrogens is 356 g/mol. The molecule has 3 aromatic heterocycles. The van der Waals surface area contributed by atoms with E-state index < -0.39 is 0 Å². The summed E-state index contributed by atoms with van der Waals surface area (Å²) in [6.45, 7) is 4.09. The van der Waals surface area contributed by atoms with E-state index in [2.05, 4.69) is 15.4 Å². The number of nitrogens with one attached hydrogen (secondary N) is 1. The molecule has 0 saturated heterocycles. The predicted molar refractivity (Wildman–Crippen MR) is 103 cm³/mol. The van der Waals surface area contributed by atoms with Gasteiger partial charge in [-0.15, -0.1) is 0 Å². The fourth-order valence-electron chi connectivity index (χ4n) is 3.43. The van der Waals surface area contributed by atoms with Crippen molar-refractivity contribution in [3.8, 4) is 0 Å². The van der Waals surface area contributed by atoms with E-state index in [-0.39, 0.29) is 17.9 Å². The van der Waals surface area contributed by atoms with Crippen molar-refractivity contribution in [2.45, 2.75) is 32.6 Å². The van der Waals surface area contributed by atoms with E-state index in [0.29, 0.717) is 37.6 Å². The van der Waals surface area contributed by atoms with E-state index in [9.17, 15) is 9.59 Å². The molecule has 2 amide bonds. The van der Waals surface area contributed by atoms with Gasteiger partial charge in [0.05, 0.1) is 6.04 Å². The number of hydrogen-bond donors (Lipinski definition) is 1. The molecule has 1 atom stereocenters. The molecule has 4 heterocycles. The number of rotatable bonds is 6. The van der Waals surface area contributed by atoms with Crippen LogP contribution in [0, 0.1) is 0 Å². The molecular formula is C20H22N6O2. The molecule has 1 aliphatic heterocycles. The second-order valence-corrected chi connectivity index (χ2v) is 6.76. The molecule has 144 valence electrons. The minimum Gasteiger partial charge on any atom is -0.349 e. The van der Waals surface area contributed by atoms with E-state index in [1.807, 2.05) is 42.0 Å². The van der Waals surface area contributed by atoms with Crippen LogP contribution in [0.25, 0.3) is 0 Å². The molecule has 1 aliphatic rings. The Balaban J connectivity index is 1.51. The van der Waals surface area contributed by atoms with Gasteiger partial charge in [-0.1, -0.05) is 6.07 Å². The van der Waals surface area contributed by atoms with Crippen LogP contribution in [0.4, 0.5) is 0 Å². The van der Waals surface area contributed by atoms with Crippen LogP contribution in [0.2, 0.25) is 0 Å². The third-order valence-corrected chi connectivity index (χ3v) is 4.93. The number of hydrogen-bond acceptors (Lipinski definition) is 4. The molecule has 3 aromatic rings. The Labute approximate surface area is 162 Å². The third-order valence-electron chi connectivity index (χ3n) is 4.93. The third kappa shape index (κ3) is 3.53. The fraction of sp³-hybridized carbons (Fsp3) is 0.300. The molecule has 0 fully saturated rings. The number of aromatic nitrogens is 4. The highest BCUT2D eigenvalue weighted by atomic mass is 16.2. The molecule has 4 rings (SSSR count). The minimum absolute atomic E-state index is 0.0467. The van der Waals surface area contributed by atoms with Crippen molar-refractivity contribution in [1.82, 2.24) is 29.5 Å². The molecule has 1 unspecified atom stereocenters. The maximum Gasteiger partial charge on any atom is 0.271 e. The molecule has 28 heavy (non-hydrogen) atoms. The van der Waals surface area contributed by atoms with Crippen LogP contribution in [0.5, 0.6) is 0 Å². The summed E-state index contributed by atoms with van der Waals surface area (Å²) in [4.78, 5) is 31.4. The van der Waals surface area contributed by atoms with Gasteiger partial charge in [0.15, 0.2) is 0 Å². The van der Waals surface area contributed by atoms with Gasteiger partial charge >= 0.3 is 0 Å². The highest BCUT2D eigenvalue weighted by molar-refractivity contribution is 5.94. The van der Waals surface area contributed by atoms with Gasteiger partial charge in [0.2, 0.25) is 0 Å². The first kappa shape index (κ1) is 18.0. The number of amides is 2. The lowest BCUT2D eigenvalue weighted by Crippen LogP contribution is -2.52. The summed E-state index contributed by atoms with van der Waals surface area (Å²) in [5.74, 6) is -0.283. The van der Waals surface area contributed by atoms with Gasteiger partial charge in [-0.3, -0.25) is 19.3 Å². The van der Waals surface area contributed by atoms with E-state index in [1.54, 1.807) is 34.2 Å². The van der Waals surface area contributed by atoms with Crippen LogP contribution in [0.3, 0.4) is 0 Å². The van der Waals surface area contributed by atoms with Crippen molar-refractivity contribution < 1.29 is 9.59 Å². The van der Waals surface area contributed by atoms with Crippen molar-refractivity contribution in [2.75, 3.05) is 6.54 Å². The Morgan fingerprint density at radius 2 is 2.14 bits per heavy atom. The van der Waals surface area contributed by atoms with Crippen molar-refractivity contribution in [3.05, 3.63) is 72.1 Å². The number of aryl methyl sites for hydroxylation is 1. The first-order valence-electron chi connectivity index (χ1n) is 9.32. The van der Waals surface area contributed by atoms with E-state index in [4.69, 9.17) is 0 Å². The second kappa shape index (κ2) is 7.67. The van der Waals surface area contributed by atoms with Gasteiger partial charge in [-0.2, -0.15) is 5.10 Å². The van der Waals surface area contributed by atoms with Gasteiger partial charge in [-0.25, -0.2) is 0 Å². The Bertz CT molecular complexity index is 978. The number of nitrogens with zero attached hydrogens (tertiary/aromatic N) is 5. The van der Waals surface area contributed by atoms with Gasteiger partial charge in [-0.05, 0) is 36.8 Å². The van der Waals surface area contributed by atoms with Crippen LogP contribution in [-0.2, 0) is 19.6 Å². The highest BCUT2D eigenvalue weighted by Crippen LogP contribution is 2.20. The van der Waals surface area contributed by atoms with Crippen molar-refractivity contribution in [1.29, 1.82) is 0 Å². The first-order chi connectivity index (χ1) is 13.7. The summed E-state index contributed by atoms with van der Waals surface area (Å²) in [6, 6.07) is 9.03. The minimum atomic E-state index is -0.237. The first-order valence-corrected chi connectivity index (χ1v) is 9.32. The zero-order valence-corrected chi connectivity index (χ0v) is 15.7. The number of pyridine rings is 1. The van der Waals surface area contributed by atoms with Gasteiger partial charge in [0.1, 0.15) is 11.4 Å².